The van der Waals surface area contributed by atoms with E-state index in [2.05, 4.69) is 12.1 Å². The van der Waals surface area contributed by atoms with Crippen molar-refractivity contribution in [2.75, 3.05) is 19.8 Å². The molecule has 0 saturated carbocycles. The number of ether oxygens (including phenoxy) is 2. The zero-order chi connectivity index (χ0) is 15.1. The second kappa shape index (κ2) is 7.64. The topological polar surface area (TPSA) is 51.0 Å². The van der Waals surface area contributed by atoms with Crippen LogP contribution in [0.4, 0.5) is 0 Å². The smallest absolute Gasteiger partial charge is 0.136 e. The summed E-state index contributed by atoms with van der Waals surface area (Å²) in [6.07, 6.45) is 0.996. The standard InChI is InChI=1S/C17H21NO3/c1-3-10-20-11-12-21-17-15(13(2)18-19)9-8-14-6-4-5-7-16(14)17/h4-9,19H,3,10-12H2,1-2H3/b18-13+. The number of nitrogens with zero attached hydrogens (tertiary/aromatic N) is 1. The Morgan fingerprint density at radius 1 is 1.10 bits per heavy atom. The van der Waals surface area contributed by atoms with Crippen molar-refractivity contribution < 1.29 is 14.7 Å². The summed E-state index contributed by atoms with van der Waals surface area (Å²) in [4.78, 5) is 0. The van der Waals surface area contributed by atoms with Gasteiger partial charge in [0.2, 0.25) is 0 Å². The van der Waals surface area contributed by atoms with Crippen molar-refractivity contribution >= 4 is 16.5 Å². The molecule has 2 rings (SSSR count). The van der Waals surface area contributed by atoms with Crippen LogP contribution in [0.25, 0.3) is 10.8 Å². The minimum Gasteiger partial charge on any atom is -0.490 e. The minimum atomic E-state index is 0.472. The molecule has 0 amide bonds. The minimum absolute atomic E-state index is 0.472. The quantitative estimate of drug-likeness (QED) is 0.364. The van der Waals surface area contributed by atoms with E-state index in [4.69, 9.17) is 14.7 Å². The Labute approximate surface area is 125 Å². The van der Waals surface area contributed by atoms with E-state index in [9.17, 15) is 0 Å². The van der Waals surface area contributed by atoms with Gasteiger partial charge in [0.05, 0.1) is 12.3 Å². The monoisotopic (exact) mass is 287 g/mol. The fourth-order valence-electron chi connectivity index (χ4n) is 2.19. The molecule has 0 atom stereocenters. The highest BCUT2D eigenvalue weighted by Gasteiger charge is 2.11. The molecule has 4 heteroatoms. The van der Waals surface area contributed by atoms with Gasteiger partial charge in [-0.15, -0.1) is 0 Å². The molecule has 0 aliphatic carbocycles. The van der Waals surface area contributed by atoms with Crippen molar-refractivity contribution in [3.05, 3.63) is 42.0 Å². The third-order valence-electron chi connectivity index (χ3n) is 3.24. The van der Waals surface area contributed by atoms with Crippen molar-refractivity contribution in [1.82, 2.24) is 0 Å². The van der Waals surface area contributed by atoms with Gasteiger partial charge in [-0.25, -0.2) is 0 Å². The Balaban J connectivity index is 2.28. The van der Waals surface area contributed by atoms with Gasteiger partial charge < -0.3 is 14.7 Å². The summed E-state index contributed by atoms with van der Waals surface area (Å²) in [7, 11) is 0. The van der Waals surface area contributed by atoms with Gasteiger partial charge in [0.15, 0.2) is 0 Å². The van der Waals surface area contributed by atoms with Crippen molar-refractivity contribution in [2.45, 2.75) is 20.3 Å². The largest absolute Gasteiger partial charge is 0.490 e. The van der Waals surface area contributed by atoms with Crippen LogP contribution in [0.1, 0.15) is 25.8 Å². The molecule has 0 unspecified atom stereocenters. The molecular weight excluding hydrogens is 266 g/mol. The van der Waals surface area contributed by atoms with E-state index in [0.29, 0.717) is 18.9 Å². The first-order valence-corrected chi connectivity index (χ1v) is 7.19. The Morgan fingerprint density at radius 2 is 1.90 bits per heavy atom. The SMILES string of the molecule is CCCOCCOc1c(/C(C)=N/O)ccc2ccccc12. The van der Waals surface area contributed by atoms with Crippen LogP contribution in [0.3, 0.4) is 0 Å². The molecule has 0 aliphatic heterocycles. The Hall–Kier alpha value is -2.07. The molecule has 112 valence electrons. The van der Waals surface area contributed by atoms with E-state index in [1.807, 2.05) is 36.4 Å². The van der Waals surface area contributed by atoms with Crippen LogP contribution in [-0.4, -0.2) is 30.7 Å². The van der Waals surface area contributed by atoms with E-state index < -0.39 is 0 Å². The van der Waals surface area contributed by atoms with Crippen LogP contribution in [0.15, 0.2) is 41.6 Å². The number of oxime groups is 1. The Morgan fingerprint density at radius 3 is 2.67 bits per heavy atom. The molecule has 2 aromatic carbocycles. The Kier molecular flexibility index (Phi) is 5.58. The van der Waals surface area contributed by atoms with Gasteiger partial charge in [0, 0.05) is 17.6 Å². The second-order valence-electron chi connectivity index (χ2n) is 4.81. The first-order chi connectivity index (χ1) is 10.3. The molecule has 0 radical (unpaired) electrons. The number of fused-ring (bicyclic) bond motifs is 1. The lowest BCUT2D eigenvalue weighted by Crippen LogP contribution is -2.10. The zero-order valence-corrected chi connectivity index (χ0v) is 12.5. The third kappa shape index (κ3) is 3.73. The van der Waals surface area contributed by atoms with E-state index in [1.54, 1.807) is 6.92 Å². The summed E-state index contributed by atoms with van der Waals surface area (Å²) in [6, 6.07) is 11.9. The first-order valence-electron chi connectivity index (χ1n) is 7.19. The zero-order valence-electron chi connectivity index (χ0n) is 12.5. The van der Waals surface area contributed by atoms with Crippen molar-refractivity contribution in [2.24, 2.45) is 5.16 Å². The average molecular weight is 287 g/mol. The maximum absolute atomic E-state index is 9.03. The number of benzene rings is 2. The second-order valence-corrected chi connectivity index (χ2v) is 4.81. The predicted molar refractivity (Wildman–Crippen MR) is 84.6 cm³/mol. The highest BCUT2D eigenvalue weighted by Crippen LogP contribution is 2.30. The van der Waals surface area contributed by atoms with E-state index in [0.717, 1.165) is 35.1 Å². The highest BCUT2D eigenvalue weighted by atomic mass is 16.5. The molecule has 4 nitrogen and oxygen atoms in total. The van der Waals surface area contributed by atoms with Crippen LogP contribution in [0, 0.1) is 0 Å². The van der Waals surface area contributed by atoms with Gasteiger partial charge in [-0.2, -0.15) is 0 Å². The van der Waals surface area contributed by atoms with Gasteiger partial charge in [-0.05, 0) is 24.8 Å². The summed E-state index contributed by atoms with van der Waals surface area (Å²) in [5.41, 5.74) is 1.33. The summed E-state index contributed by atoms with van der Waals surface area (Å²) in [6.45, 7) is 5.59. The predicted octanol–water partition coefficient (Wildman–Crippen LogP) is 3.84. The Bertz CT molecular complexity index is 622. The van der Waals surface area contributed by atoms with Crippen molar-refractivity contribution in [3.63, 3.8) is 0 Å². The molecule has 0 bridgehead atoms. The van der Waals surface area contributed by atoms with Crippen LogP contribution in [0.2, 0.25) is 0 Å². The van der Waals surface area contributed by atoms with Crippen LogP contribution >= 0.6 is 0 Å². The van der Waals surface area contributed by atoms with Gasteiger partial charge in [-0.1, -0.05) is 42.4 Å². The summed E-state index contributed by atoms with van der Waals surface area (Å²) < 4.78 is 11.3. The molecule has 21 heavy (non-hydrogen) atoms. The molecule has 0 aromatic heterocycles. The fraction of sp³-hybridized carbons (Fsp3) is 0.353. The molecule has 2 aromatic rings. The summed E-state index contributed by atoms with van der Waals surface area (Å²) >= 11 is 0. The van der Waals surface area contributed by atoms with Crippen molar-refractivity contribution in [3.8, 4) is 5.75 Å². The van der Waals surface area contributed by atoms with E-state index in [1.165, 1.54) is 0 Å². The molecule has 1 N–H and O–H groups in total. The summed E-state index contributed by atoms with van der Waals surface area (Å²) in [5.74, 6) is 0.739. The third-order valence-corrected chi connectivity index (χ3v) is 3.24. The maximum atomic E-state index is 9.03. The lowest BCUT2D eigenvalue weighted by atomic mass is 10.0. The molecule has 0 heterocycles. The number of hydrogen-bond donors (Lipinski definition) is 1. The van der Waals surface area contributed by atoms with Gasteiger partial charge >= 0.3 is 0 Å². The van der Waals surface area contributed by atoms with Crippen molar-refractivity contribution in [1.29, 1.82) is 0 Å². The summed E-state index contributed by atoms with van der Waals surface area (Å²) in [5, 5.41) is 14.4. The van der Waals surface area contributed by atoms with Gasteiger partial charge in [-0.3, -0.25) is 0 Å². The lowest BCUT2D eigenvalue weighted by molar-refractivity contribution is 0.101. The molecular formula is C17H21NO3. The van der Waals surface area contributed by atoms with Crippen LogP contribution in [-0.2, 0) is 4.74 Å². The maximum Gasteiger partial charge on any atom is 0.136 e. The average Bonchev–Trinajstić information content (AvgIpc) is 2.53. The molecule has 0 saturated heterocycles. The highest BCUT2D eigenvalue weighted by molar-refractivity contribution is 6.06. The molecule has 0 aliphatic rings. The van der Waals surface area contributed by atoms with Gasteiger partial charge in [0.1, 0.15) is 12.4 Å². The fourth-order valence-corrected chi connectivity index (χ4v) is 2.19. The van der Waals surface area contributed by atoms with E-state index in [-0.39, 0.29) is 0 Å². The first kappa shape index (κ1) is 15.3. The van der Waals surface area contributed by atoms with Gasteiger partial charge in [0.25, 0.3) is 0 Å². The van der Waals surface area contributed by atoms with Crippen LogP contribution in [0.5, 0.6) is 5.75 Å². The van der Waals surface area contributed by atoms with E-state index >= 15 is 0 Å². The number of rotatable bonds is 7. The molecule has 0 spiro atoms. The normalized spacial score (nSPS) is 11.8. The lowest BCUT2D eigenvalue weighted by Gasteiger charge is -2.14. The number of hydrogen-bond acceptors (Lipinski definition) is 4. The van der Waals surface area contributed by atoms with Crippen LogP contribution < -0.4 is 4.74 Å². The molecule has 0 fully saturated rings.